The summed E-state index contributed by atoms with van der Waals surface area (Å²) in [4.78, 5) is 55.3. The smallest absolute Gasteiger partial charge is 0.305 e. The number of ether oxygens (including phenoxy) is 2. The summed E-state index contributed by atoms with van der Waals surface area (Å²) in [7, 11) is 3.07. The standard InChI is InChI=1S/C35H40N4O7/c1-22-7-9-23(10-8-22)27(21-32(40)41)36-34(43)25-11-13-29(28(19-25)37-33(42)24-5-4-6-24)38-15-17-39(18-16-38)35(44)26-12-14-30(45-2)31(20-26)46-3/h7-14,19-20,24,27H,4-6,15-18,21H2,1-3H3,(H,36,43)(H,37,42)(H,40,41). The van der Waals surface area contributed by atoms with Gasteiger partial charge in [-0.3, -0.25) is 19.2 Å². The molecule has 3 amide bonds. The maximum Gasteiger partial charge on any atom is 0.305 e. The molecule has 1 aliphatic carbocycles. The fourth-order valence-electron chi connectivity index (χ4n) is 5.73. The zero-order chi connectivity index (χ0) is 32.8. The molecule has 1 heterocycles. The largest absolute Gasteiger partial charge is 0.493 e. The number of hydrogen-bond acceptors (Lipinski definition) is 7. The van der Waals surface area contributed by atoms with Crippen molar-refractivity contribution in [2.75, 3.05) is 50.6 Å². The van der Waals surface area contributed by atoms with Crippen LogP contribution >= 0.6 is 0 Å². The molecule has 2 aliphatic rings. The number of aliphatic carboxylic acids is 1. The Morgan fingerprint density at radius 2 is 1.54 bits per heavy atom. The Kier molecular flexibility index (Phi) is 10.1. The van der Waals surface area contributed by atoms with Crippen molar-refractivity contribution in [3.63, 3.8) is 0 Å². The molecule has 11 heteroatoms. The van der Waals surface area contributed by atoms with Gasteiger partial charge in [-0.2, -0.15) is 0 Å². The molecular formula is C35H40N4O7. The molecule has 5 rings (SSSR count). The van der Waals surface area contributed by atoms with Gasteiger partial charge in [0, 0.05) is 43.2 Å². The summed E-state index contributed by atoms with van der Waals surface area (Å²) >= 11 is 0. The summed E-state index contributed by atoms with van der Waals surface area (Å²) < 4.78 is 10.7. The van der Waals surface area contributed by atoms with E-state index in [0.29, 0.717) is 60.1 Å². The first-order chi connectivity index (χ1) is 22.2. The van der Waals surface area contributed by atoms with E-state index in [-0.39, 0.29) is 24.2 Å². The van der Waals surface area contributed by atoms with Gasteiger partial charge < -0.3 is 35.0 Å². The van der Waals surface area contributed by atoms with Crippen molar-refractivity contribution in [3.8, 4) is 11.5 Å². The summed E-state index contributed by atoms with van der Waals surface area (Å²) in [6.45, 7) is 3.89. The number of hydrogen-bond donors (Lipinski definition) is 3. The number of carboxylic acid groups (broad SMARTS) is 1. The third-order valence-electron chi connectivity index (χ3n) is 8.69. The Morgan fingerprint density at radius 3 is 2.15 bits per heavy atom. The quantitative estimate of drug-likeness (QED) is 0.279. The molecule has 0 radical (unpaired) electrons. The number of carboxylic acids is 1. The van der Waals surface area contributed by atoms with Crippen LogP contribution in [0.25, 0.3) is 0 Å². The van der Waals surface area contributed by atoms with Crippen molar-refractivity contribution in [1.29, 1.82) is 0 Å². The van der Waals surface area contributed by atoms with Gasteiger partial charge in [0.25, 0.3) is 11.8 Å². The minimum atomic E-state index is -1.03. The van der Waals surface area contributed by atoms with Crippen molar-refractivity contribution in [2.45, 2.75) is 38.6 Å². The number of benzene rings is 3. The molecule has 46 heavy (non-hydrogen) atoms. The van der Waals surface area contributed by atoms with Crippen LogP contribution < -0.4 is 25.0 Å². The van der Waals surface area contributed by atoms with Gasteiger partial charge in [-0.25, -0.2) is 0 Å². The maximum atomic E-state index is 13.5. The summed E-state index contributed by atoms with van der Waals surface area (Å²) in [5.74, 6) is -0.712. The van der Waals surface area contributed by atoms with Crippen LogP contribution in [0.5, 0.6) is 11.5 Å². The summed E-state index contributed by atoms with van der Waals surface area (Å²) in [5, 5.41) is 15.4. The number of carbonyl (C=O) groups excluding carboxylic acids is 3. The molecule has 0 bridgehead atoms. The van der Waals surface area contributed by atoms with Crippen molar-refractivity contribution < 1.29 is 33.8 Å². The minimum absolute atomic E-state index is 0.0669. The number of amides is 3. The van der Waals surface area contributed by atoms with E-state index in [1.807, 2.05) is 31.2 Å². The van der Waals surface area contributed by atoms with E-state index in [2.05, 4.69) is 15.5 Å². The van der Waals surface area contributed by atoms with Crippen LogP contribution in [0.2, 0.25) is 0 Å². The zero-order valence-electron chi connectivity index (χ0n) is 26.4. The van der Waals surface area contributed by atoms with E-state index in [1.54, 1.807) is 48.4 Å². The van der Waals surface area contributed by atoms with Crippen molar-refractivity contribution in [2.24, 2.45) is 5.92 Å². The monoisotopic (exact) mass is 628 g/mol. The maximum absolute atomic E-state index is 13.5. The second-order valence-electron chi connectivity index (χ2n) is 11.7. The topological polar surface area (TPSA) is 138 Å². The molecule has 1 atom stereocenters. The van der Waals surface area contributed by atoms with Gasteiger partial charge in [0.05, 0.1) is 38.1 Å². The van der Waals surface area contributed by atoms with E-state index in [0.717, 1.165) is 30.5 Å². The average Bonchev–Trinajstić information content (AvgIpc) is 3.03. The van der Waals surface area contributed by atoms with Crippen LogP contribution in [0.1, 0.15) is 63.6 Å². The molecule has 0 aromatic heterocycles. The third-order valence-corrected chi connectivity index (χ3v) is 8.69. The second kappa shape index (κ2) is 14.4. The van der Waals surface area contributed by atoms with E-state index < -0.39 is 17.9 Å². The molecule has 1 saturated heterocycles. The Morgan fingerprint density at radius 1 is 0.870 bits per heavy atom. The fourth-order valence-corrected chi connectivity index (χ4v) is 5.73. The molecule has 1 aliphatic heterocycles. The van der Waals surface area contributed by atoms with Crippen molar-refractivity contribution in [3.05, 3.63) is 82.9 Å². The van der Waals surface area contributed by atoms with Gasteiger partial charge in [0.15, 0.2) is 11.5 Å². The van der Waals surface area contributed by atoms with Crippen LogP contribution in [-0.4, -0.2) is 74.1 Å². The fraction of sp³-hybridized carbons (Fsp3) is 0.371. The number of anilines is 2. The van der Waals surface area contributed by atoms with Crippen molar-refractivity contribution in [1.82, 2.24) is 10.2 Å². The van der Waals surface area contributed by atoms with E-state index >= 15 is 0 Å². The molecule has 11 nitrogen and oxygen atoms in total. The zero-order valence-corrected chi connectivity index (χ0v) is 26.4. The summed E-state index contributed by atoms with van der Waals surface area (Å²) in [5.41, 5.74) is 3.78. The number of nitrogens with one attached hydrogen (secondary N) is 2. The SMILES string of the molecule is COc1ccc(C(=O)N2CCN(c3ccc(C(=O)NC(CC(=O)O)c4ccc(C)cc4)cc3NC(=O)C3CCC3)CC2)cc1OC. The highest BCUT2D eigenvalue weighted by Crippen LogP contribution is 2.33. The molecule has 242 valence electrons. The number of nitrogens with zero attached hydrogens (tertiary/aromatic N) is 2. The molecule has 1 unspecified atom stereocenters. The van der Waals surface area contributed by atoms with E-state index in [9.17, 15) is 24.3 Å². The van der Waals surface area contributed by atoms with Gasteiger partial charge in [-0.05, 0) is 61.7 Å². The highest BCUT2D eigenvalue weighted by molar-refractivity contribution is 6.01. The highest BCUT2D eigenvalue weighted by Gasteiger charge is 2.29. The summed E-state index contributed by atoms with van der Waals surface area (Å²) in [6.07, 6.45) is 2.38. The van der Waals surface area contributed by atoms with Gasteiger partial charge in [0.2, 0.25) is 5.91 Å². The predicted octanol–water partition coefficient (Wildman–Crippen LogP) is 4.66. The first kappa shape index (κ1) is 32.3. The Balaban J connectivity index is 1.33. The number of rotatable bonds is 11. The number of methoxy groups -OCH3 is 2. The highest BCUT2D eigenvalue weighted by atomic mass is 16.5. The van der Waals surface area contributed by atoms with Gasteiger partial charge in [-0.15, -0.1) is 0 Å². The first-order valence-electron chi connectivity index (χ1n) is 15.5. The molecular weight excluding hydrogens is 588 g/mol. The molecule has 3 N–H and O–H groups in total. The van der Waals surface area contributed by atoms with Crippen LogP contribution in [0.15, 0.2) is 60.7 Å². The Bertz CT molecular complexity index is 1590. The van der Waals surface area contributed by atoms with Crippen LogP contribution in [0, 0.1) is 12.8 Å². The number of piperazine rings is 1. The lowest BCUT2D eigenvalue weighted by Gasteiger charge is -2.37. The molecule has 2 fully saturated rings. The first-order valence-corrected chi connectivity index (χ1v) is 15.5. The Labute approximate surface area is 268 Å². The second-order valence-corrected chi connectivity index (χ2v) is 11.7. The van der Waals surface area contributed by atoms with Gasteiger partial charge in [0.1, 0.15) is 0 Å². The normalized spacial score (nSPS) is 15.4. The predicted molar refractivity (Wildman–Crippen MR) is 174 cm³/mol. The lowest BCUT2D eigenvalue weighted by molar-refractivity contribution is -0.137. The third kappa shape index (κ3) is 7.42. The number of aryl methyl sites for hydroxylation is 1. The lowest BCUT2D eigenvalue weighted by Crippen LogP contribution is -2.49. The van der Waals surface area contributed by atoms with Crippen LogP contribution in [0.3, 0.4) is 0 Å². The lowest BCUT2D eigenvalue weighted by atomic mass is 9.85. The molecule has 3 aromatic carbocycles. The average molecular weight is 629 g/mol. The number of carbonyl (C=O) groups is 4. The van der Waals surface area contributed by atoms with Crippen LogP contribution in [-0.2, 0) is 9.59 Å². The van der Waals surface area contributed by atoms with Crippen molar-refractivity contribution >= 4 is 35.1 Å². The summed E-state index contributed by atoms with van der Waals surface area (Å²) in [6, 6.07) is 16.9. The minimum Gasteiger partial charge on any atom is -0.493 e. The Hall–Kier alpha value is -5.06. The van der Waals surface area contributed by atoms with E-state index in [1.165, 1.54) is 7.11 Å². The molecule has 1 saturated carbocycles. The molecule has 0 spiro atoms. The van der Waals surface area contributed by atoms with Gasteiger partial charge >= 0.3 is 5.97 Å². The van der Waals surface area contributed by atoms with Gasteiger partial charge in [-0.1, -0.05) is 36.2 Å². The van der Waals surface area contributed by atoms with E-state index in [4.69, 9.17) is 9.47 Å². The van der Waals surface area contributed by atoms with Crippen LogP contribution in [0.4, 0.5) is 11.4 Å². The molecule has 3 aromatic rings.